The van der Waals surface area contributed by atoms with E-state index in [2.05, 4.69) is 39.8 Å². The van der Waals surface area contributed by atoms with E-state index in [-0.39, 0.29) is 0 Å². The van der Waals surface area contributed by atoms with Crippen molar-refractivity contribution in [2.45, 2.75) is 47.0 Å². The molecule has 1 heteroatoms. The standard InChI is InChI=1S/C14H22O/c1-5-6-7-8-15-14-10-12(3)11(2)9-13(14)4/h9-10H,5-8H2,1-4H3. The molecule has 0 saturated heterocycles. The van der Waals surface area contributed by atoms with Gasteiger partial charge in [-0.05, 0) is 49.9 Å². The molecule has 84 valence electrons. The van der Waals surface area contributed by atoms with Crippen molar-refractivity contribution in [3.8, 4) is 5.75 Å². The number of aryl methyl sites for hydroxylation is 3. The van der Waals surface area contributed by atoms with Gasteiger partial charge in [-0.25, -0.2) is 0 Å². The largest absolute Gasteiger partial charge is 0.493 e. The summed E-state index contributed by atoms with van der Waals surface area (Å²) in [6.45, 7) is 9.44. The highest BCUT2D eigenvalue weighted by Gasteiger charge is 2.02. The van der Waals surface area contributed by atoms with Crippen LogP contribution in [0, 0.1) is 20.8 Å². The maximum absolute atomic E-state index is 5.77. The molecule has 1 rings (SSSR count). The normalized spacial score (nSPS) is 10.4. The molecule has 1 nitrogen and oxygen atoms in total. The second kappa shape index (κ2) is 5.79. The lowest BCUT2D eigenvalue weighted by Crippen LogP contribution is -1.99. The van der Waals surface area contributed by atoms with Crippen LogP contribution in [-0.4, -0.2) is 6.61 Å². The minimum Gasteiger partial charge on any atom is -0.493 e. The predicted molar refractivity (Wildman–Crippen MR) is 65.7 cm³/mol. The first-order chi connectivity index (χ1) is 7.15. The van der Waals surface area contributed by atoms with Crippen LogP contribution in [0.25, 0.3) is 0 Å². The summed E-state index contributed by atoms with van der Waals surface area (Å²) < 4.78 is 5.77. The molecule has 0 radical (unpaired) electrons. The average Bonchev–Trinajstić information content (AvgIpc) is 2.20. The lowest BCUT2D eigenvalue weighted by molar-refractivity contribution is 0.304. The van der Waals surface area contributed by atoms with Crippen LogP contribution in [-0.2, 0) is 0 Å². The van der Waals surface area contributed by atoms with Crippen molar-refractivity contribution in [1.29, 1.82) is 0 Å². The predicted octanol–water partition coefficient (Wildman–Crippen LogP) is 4.18. The summed E-state index contributed by atoms with van der Waals surface area (Å²) in [7, 11) is 0. The highest BCUT2D eigenvalue weighted by Crippen LogP contribution is 2.22. The third kappa shape index (κ3) is 3.58. The number of hydrogen-bond donors (Lipinski definition) is 0. The van der Waals surface area contributed by atoms with Crippen molar-refractivity contribution in [1.82, 2.24) is 0 Å². The van der Waals surface area contributed by atoms with Crippen LogP contribution in [0.1, 0.15) is 42.9 Å². The van der Waals surface area contributed by atoms with Gasteiger partial charge in [0.1, 0.15) is 5.75 Å². The third-order valence-electron chi connectivity index (χ3n) is 2.80. The van der Waals surface area contributed by atoms with E-state index < -0.39 is 0 Å². The fourth-order valence-corrected chi connectivity index (χ4v) is 1.62. The Labute approximate surface area is 93.5 Å². The first-order valence-electron chi connectivity index (χ1n) is 5.85. The first-order valence-corrected chi connectivity index (χ1v) is 5.85. The highest BCUT2D eigenvalue weighted by atomic mass is 16.5. The zero-order valence-corrected chi connectivity index (χ0v) is 10.4. The van der Waals surface area contributed by atoms with E-state index in [0.29, 0.717) is 0 Å². The van der Waals surface area contributed by atoms with Gasteiger partial charge >= 0.3 is 0 Å². The fourth-order valence-electron chi connectivity index (χ4n) is 1.62. The van der Waals surface area contributed by atoms with E-state index in [1.165, 1.54) is 29.5 Å². The Balaban J connectivity index is 2.57. The molecule has 0 fully saturated rings. The van der Waals surface area contributed by atoms with Crippen molar-refractivity contribution in [3.63, 3.8) is 0 Å². The highest BCUT2D eigenvalue weighted by molar-refractivity contribution is 5.40. The minimum absolute atomic E-state index is 0.844. The maximum Gasteiger partial charge on any atom is 0.122 e. The van der Waals surface area contributed by atoms with E-state index in [4.69, 9.17) is 4.74 Å². The molecule has 0 unspecified atom stereocenters. The van der Waals surface area contributed by atoms with Crippen LogP contribution in [0.15, 0.2) is 12.1 Å². The Hall–Kier alpha value is -0.980. The molecule has 0 atom stereocenters. The van der Waals surface area contributed by atoms with Gasteiger partial charge in [-0.15, -0.1) is 0 Å². The fraction of sp³-hybridized carbons (Fsp3) is 0.571. The summed E-state index contributed by atoms with van der Waals surface area (Å²) in [5.74, 6) is 1.05. The molecule has 15 heavy (non-hydrogen) atoms. The molecule has 0 heterocycles. The smallest absolute Gasteiger partial charge is 0.122 e. The van der Waals surface area contributed by atoms with Crippen LogP contribution < -0.4 is 4.74 Å². The van der Waals surface area contributed by atoms with Gasteiger partial charge in [0.25, 0.3) is 0 Å². The van der Waals surface area contributed by atoms with Crippen LogP contribution in [0.2, 0.25) is 0 Å². The van der Waals surface area contributed by atoms with Crippen LogP contribution in [0.5, 0.6) is 5.75 Å². The van der Waals surface area contributed by atoms with E-state index in [0.717, 1.165) is 18.8 Å². The van der Waals surface area contributed by atoms with Crippen LogP contribution in [0.4, 0.5) is 0 Å². The van der Waals surface area contributed by atoms with Crippen molar-refractivity contribution in [2.75, 3.05) is 6.61 Å². The molecule has 1 aromatic carbocycles. The number of unbranched alkanes of at least 4 members (excludes halogenated alkanes) is 2. The van der Waals surface area contributed by atoms with Crippen LogP contribution >= 0.6 is 0 Å². The van der Waals surface area contributed by atoms with Gasteiger partial charge in [-0.2, -0.15) is 0 Å². The van der Waals surface area contributed by atoms with Gasteiger partial charge in [0.05, 0.1) is 6.61 Å². The SMILES string of the molecule is CCCCCOc1cc(C)c(C)cc1C. The van der Waals surface area contributed by atoms with Crippen molar-refractivity contribution in [2.24, 2.45) is 0 Å². The summed E-state index contributed by atoms with van der Waals surface area (Å²) in [5, 5.41) is 0. The van der Waals surface area contributed by atoms with Crippen LogP contribution in [0.3, 0.4) is 0 Å². The maximum atomic E-state index is 5.77. The number of hydrogen-bond acceptors (Lipinski definition) is 1. The Morgan fingerprint density at radius 3 is 2.27 bits per heavy atom. The minimum atomic E-state index is 0.844. The van der Waals surface area contributed by atoms with E-state index in [1.807, 2.05) is 0 Å². The Bertz CT molecular complexity index is 315. The Morgan fingerprint density at radius 2 is 1.60 bits per heavy atom. The van der Waals surface area contributed by atoms with Gasteiger partial charge in [0, 0.05) is 0 Å². The lowest BCUT2D eigenvalue weighted by atomic mass is 10.1. The molecule has 0 saturated carbocycles. The number of benzene rings is 1. The van der Waals surface area contributed by atoms with Gasteiger partial charge < -0.3 is 4.74 Å². The molecule has 1 aromatic rings. The van der Waals surface area contributed by atoms with E-state index in [9.17, 15) is 0 Å². The Kier molecular flexibility index (Phi) is 4.67. The molecular weight excluding hydrogens is 184 g/mol. The molecule has 0 aliphatic rings. The number of rotatable bonds is 5. The van der Waals surface area contributed by atoms with E-state index in [1.54, 1.807) is 0 Å². The number of ether oxygens (including phenoxy) is 1. The summed E-state index contributed by atoms with van der Waals surface area (Å²) >= 11 is 0. The molecule has 0 aromatic heterocycles. The lowest BCUT2D eigenvalue weighted by Gasteiger charge is -2.11. The zero-order chi connectivity index (χ0) is 11.3. The molecule has 0 bridgehead atoms. The molecule has 0 amide bonds. The molecule has 0 N–H and O–H groups in total. The summed E-state index contributed by atoms with van der Waals surface area (Å²) in [6.07, 6.45) is 3.65. The topological polar surface area (TPSA) is 9.23 Å². The summed E-state index contributed by atoms with van der Waals surface area (Å²) in [5.41, 5.74) is 3.90. The second-order valence-electron chi connectivity index (χ2n) is 4.26. The summed E-state index contributed by atoms with van der Waals surface area (Å²) in [6, 6.07) is 4.35. The zero-order valence-electron chi connectivity index (χ0n) is 10.4. The third-order valence-corrected chi connectivity index (χ3v) is 2.80. The van der Waals surface area contributed by atoms with Gasteiger partial charge in [-0.3, -0.25) is 0 Å². The molecular formula is C14H22O. The average molecular weight is 206 g/mol. The van der Waals surface area contributed by atoms with Crippen molar-refractivity contribution >= 4 is 0 Å². The Morgan fingerprint density at radius 1 is 0.933 bits per heavy atom. The molecule has 0 aliphatic carbocycles. The van der Waals surface area contributed by atoms with Gasteiger partial charge in [0.15, 0.2) is 0 Å². The molecule has 0 spiro atoms. The summed E-state index contributed by atoms with van der Waals surface area (Å²) in [4.78, 5) is 0. The van der Waals surface area contributed by atoms with Crippen molar-refractivity contribution < 1.29 is 4.74 Å². The van der Waals surface area contributed by atoms with Gasteiger partial charge in [-0.1, -0.05) is 25.8 Å². The quantitative estimate of drug-likeness (QED) is 0.657. The first kappa shape index (κ1) is 12.1. The van der Waals surface area contributed by atoms with Crippen molar-refractivity contribution in [3.05, 3.63) is 28.8 Å². The van der Waals surface area contributed by atoms with Gasteiger partial charge in [0.2, 0.25) is 0 Å². The van der Waals surface area contributed by atoms with E-state index >= 15 is 0 Å². The molecule has 0 aliphatic heterocycles. The second-order valence-corrected chi connectivity index (χ2v) is 4.26. The monoisotopic (exact) mass is 206 g/mol.